The highest BCUT2D eigenvalue weighted by atomic mass is 79.9. The minimum absolute atomic E-state index is 0.300. The number of rotatable bonds is 3. The van der Waals surface area contributed by atoms with Crippen molar-refractivity contribution in [1.82, 2.24) is 0 Å². The van der Waals surface area contributed by atoms with Crippen LogP contribution in [0.2, 0.25) is 0 Å². The Kier molecular flexibility index (Phi) is 4.30. The monoisotopic (exact) mass is 369 g/mol. The Morgan fingerprint density at radius 2 is 1.89 bits per heavy atom. The summed E-state index contributed by atoms with van der Waals surface area (Å²) in [6, 6.07) is 11.5. The normalized spacial score (nSPS) is 10.4. The molecule has 2 N–H and O–H groups in total. The van der Waals surface area contributed by atoms with E-state index in [1.165, 1.54) is 5.56 Å². The van der Waals surface area contributed by atoms with Crippen molar-refractivity contribution in [2.24, 2.45) is 0 Å². The molecule has 0 aromatic heterocycles. The summed E-state index contributed by atoms with van der Waals surface area (Å²) in [5.74, 6) is 0.300. The molecule has 0 aliphatic heterocycles. The Morgan fingerprint density at radius 3 is 2.67 bits per heavy atom. The van der Waals surface area contributed by atoms with E-state index in [0.717, 1.165) is 20.2 Å². The molecule has 2 rings (SSSR count). The summed E-state index contributed by atoms with van der Waals surface area (Å²) in [5.41, 5.74) is 3.08. The van der Waals surface area contributed by atoms with Gasteiger partial charge in [0, 0.05) is 26.7 Å². The molecule has 0 fully saturated rings. The van der Waals surface area contributed by atoms with Crippen LogP contribution in [0.1, 0.15) is 11.1 Å². The quantitative estimate of drug-likeness (QED) is 0.810. The van der Waals surface area contributed by atoms with Gasteiger partial charge in [-0.3, -0.25) is 0 Å². The Labute approximate surface area is 123 Å². The summed E-state index contributed by atoms with van der Waals surface area (Å²) >= 11 is 6.90. The van der Waals surface area contributed by atoms with Crippen LogP contribution in [0.25, 0.3) is 0 Å². The first-order chi connectivity index (χ1) is 8.56. The van der Waals surface area contributed by atoms with Gasteiger partial charge in [0.25, 0.3) is 0 Å². The largest absolute Gasteiger partial charge is 0.508 e. The summed E-state index contributed by atoms with van der Waals surface area (Å²) < 4.78 is 1.97. The first-order valence-electron chi connectivity index (χ1n) is 5.53. The van der Waals surface area contributed by atoms with E-state index in [1.807, 2.05) is 31.2 Å². The van der Waals surface area contributed by atoms with E-state index in [0.29, 0.717) is 12.3 Å². The van der Waals surface area contributed by atoms with E-state index in [2.05, 4.69) is 43.2 Å². The van der Waals surface area contributed by atoms with Gasteiger partial charge in [0.2, 0.25) is 0 Å². The number of hydrogen-bond donors (Lipinski definition) is 2. The molecule has 0 unspecified atom stereocenters. The van der Waals surface area contributed by atoms with Crippen LogP contribution in [0, 0.1) is 6.92 Å². The van der Waals surface area contributed by atoms with Crippen LogP contribution < -0.4 is 5.32 Å². The van der Waals surface area contributed by atoms with Crippen molar-refractivity contribution in [3.8, 4) is 5.75 Å². The van der Waals surface area contributed by atoms with Crippen molar-refractivity contribution in [2.75, 3.05) is 5.32 Å². The van der Waals surface area contributed by atoms with E-state index < -0.39 is 0 Å². The van der Waals surface area contributed by atoms with Crippen molar-refractivity contribution < 1.29 is 5.11 Å². The second-order valence-electron chi connectivity index (χ2n) is 4.11. The average molecular weight is 371 g/mol. The van der Waals surface area contributed by atoms with Gasteiger partial charge in [0.15, 0.2) is 0 Å². The maximum Gasteiger partial charge on any atom is 0.120 e. The smallest absolute Gasteiger partial charge is 0.120 e. The van der Waals surface area contributed by atoms with Gasteiger partial charge in [-0.05, 0) is 58.7 Å². The molecule has 0 atom stereocenters. The minimum Gasteiger partial charge on any atom is -0.508 e. The lowest BCUT2D eigenvalue weighted by Crippen LogP contribution is -2.00. The van der Waals surface area contributed by atoms with Gasteiger partial charge in [0.05, 0.1) is 0 Å². The molecule has 0 heterocycles. The third kappa shape index (κ3) is 3.27. The van der Waals surface area contributed by atoms with E-state index in [4.69, 9.17) is 0 Å². The fourth-order valence-electron chi connectivity index (χ4n) is 1.66. The molecule has 0 spiro atoms. The molecule has 0 aliphatic carbocycles. The molecule has 2 nitrogen and oxygen atoms in total. The predicted molar refractivity (Wildman–Crippen MR) is 82.0 cm³/mol. The number of hydrogen-bond acceptors (Lipinski definition) is 2. The Hall–Kier alpha value is -1.00. The fourth-order valence-corrected chi connectivity index (χ4v) is 2.46. The Morgan fingerprint density at radius 1 is 1.11 bits per heavy atom. The predicted octanol–water partition coefficient (Wildman–Crippen LogP) is 4.84. The van der Waals surface area contributed by atoms with E-state index in [9.17, 15) is 5.11 Å². The number of phenols is 1. The molecule has 2 aromatic rings. The lowest BCUT2D eigenvalue weighted by atomic mass is 10.2. The lowest BCUT2D eigenvalue weighted by Gasteiger charge is -2.11. The molecule has 0 radical (unpaired) electrons. The van der Waals surface area contributed by atoms with Crippen LogP contribution in [-0.2, 0) is 6.54 Å². The standard InChI is InChI=1S/C14H13Br2NO/c1-9-2-4-12(16)13(6-9)17-8-10-7-11(15)3-5-14(10)18/h2-7,17-18H,8H2,1H3. The Bertz CT molecular complexity index is 518. The van der Waals surface area contributed by atoms with Gasteiger partial charge in [-0.1, -0.05) is 22.0 Å². The third-order valence-electron chi connectivity index (χ3n) is 2.63. The summed E-state index contributed by atoms with van der Waals surface area (Å²) in [6.45, 7) is 2.63. The number of benzene rings is 2. The average Bonchev–Trinajstić information content (AvgIpc) is 2.34. The summed E-state index contributed by atoms with van der Waals surface area (Å²) in [6.07, 6.45) is 0. The number of halogens is 2. The maximum absolute atomic E-state index is 9.76. The van der Waals surface area contributed by atoms with Crippen LogP contribution >= 0.6 is 31.9 Å². The van der Waals surface area contributed by atoms with Crippen molar-refractivity contribution in [1.29, 1.82) is 0 Å². The molecule has 18 heavy (non-hydrogen) atoms. The molecule has 0 amide bonds. The van der Waals surface area contributed by atoms with Gasteiger partial charge in [-0.2, -0.15) is 0 Å². The number of anilines is 1. The topological polar surface area (TPSA) is 32.3 Å². The zero-order chi connectivity index (χ0) is 13.1. The van der Waals surface area contributed by atoms with Crippen molar-refractivity contribution >= 4 is 37.5 Å². The molecule has 0 saturated carbocycles. The highest BCUT2D eigenvalue weighted by Crippen LogP contribution is 2.26. The first kappa shape index (κ1) is 13.4. The SMILES string of the molecule is Cc1ccc(Br)c(NCc2cc(Br)ccc2O)c1. The highest BCUT2D eigenvalue weighted by Gasteiger charge is 2.04. The summed E-state index contributed by atoms with van der Waals surface area (Å²) in [7, 11) is 0. The summed E-state index contributed by atoms with van der Waals surface area (Å²) in [5, 5.41) is 13.1. The number of nitrogens with one attached hydrogen (secondary N) is 1. The van der Waals surface area contributed by atoms with Gasteiger partial charge in [-0.15, -0.1) is 0 Å². The van der Waals surface area contributed by atoms with Crippen molar-refractivity contribution in [2.45, 2.75) is 13.5 Å². The van der Waals surface area contributed by atoms with Gasteiger partial charge in [0.1, 0.15) is 5.75 Å². The summed E-state index contributed by atoms with van der Waals surface area (Å²) in [4.78, 5) is 0. The molecule has 0 bridgehead atoms. The van der Waals surface area contributed by atoms with Crippen molar-refractivity contribution in [3.05, 3.63) is 56.5 Å². The molecule has 0 saturated heterocycles. The number of aryl methyl sites for hydroxylation is 1. The van der Waals surface area contributed by atoms with Gasteiger partial charge in [-0.25, -0.2) is 0 Å². The zero-order valence-corrected chi connectivity index (χ0v) is 13.0. The van der Waals surface area contributed by atoms with E-state index in [1.54, 1.807) is 6.07 Å². The van der Waals surface area contributed by atoms with Crippen molar-refractivity contribution in [3.63, 3.8) is 0 Å². The molecule has 4 heteroatoms. The lowest BCUT2D eigenvalue weighted by molar-refractivity contribution is 0.469. The second kappa shape index (κ2) is 5.76. The first-order valence-corrected chi connectivity index (χ1v) is 7.12. The van der Waals surface area contributed by atoms with E-state index >= 15 is 0 Å². The van der Waals surface area contributed by atoms with E-state index in [-0.39, 0.29) is 0 Å². The molecule has 0 aliphatic rings. The zero-order valence-electron chi connectivity index (χ0n) is 9.87. The van der Waals surface area contributed by atoms with Crippen LogP contribution in [0.5, 0.6) is 5.75 Å². The second-order valence-corrected chi connectivity index (χ2v) is 5.88. The maximum atomic E-state index is 9.76. The van der Waals surface area contributed by atoms with Gasteiger partial charge < -0.3 is 10.4 Å². The van der Waals surface area contributed by atoms with Crippen LogP contribution in [0.4, 0.5) is 5.69 Å². The highest BCUT2D eigenvalue weighted by molar-refractivity contribution is 9.10. The third-order valence-corrected chi connectivity index (χ3v) is 3.82. The molecular weight excluding hydrogens is 358 g/mol. The fraction of sp³-hybridized carbons (Fsp3) is 0.143. The molecule has 94 valence electrons. The number of aromatic hydroxyl groups is 1. The van der Waals surface area contributed by atoms with Gasteiger partial charge >= 0.3 is 0 Å². The van der Waals surface area contributed by atoms with Crippen LogP contribution in [0.3, 0.4) is 0 Å². The Balaban J connectivity index is 2.16. The molecule has 2 aromatic carbocycles. The molecular formula is C14H13Br2NO. The number of phenolic OH excluding ortho intramolecular Hbond substituents is 1. The van der Waals surface area contributed by atoms with Crippen LogP contribution in [-0.4, -0.2) is 5.11 Å². The minimum atomic E-state index is 0.300. The van der Waals surface area contributed by atoms with Crippen LogP contribution in [0.15, 0.2) is 45.3 Å².